The second-order valence-corrected chi connectivity index (χ2v) is 7.02. The first kappa shape index (κ1) is 19.7. The summed E-state index contributed by atoms with van der Waals surface area (Å²) in [5.74, 6) is 4.62. The summed E-state index contributed by atoms with van der Waals surface area (Å²) >= 11 is 0. The molecule has 0 amide bonds. The molecule has 9 nitrogen and oxygen atoms in total. The van der Waals surface area contributed by atoms with Crippen LogP contribution in [0.3, 0.4) is 0 Å². The first-order chi connectivity index (χ1) is 15.7. The number of aromatic amines is 1. The number of anilines is 1. The first-order valence-electron chi connectivity index (χ1n) is 9.98. The number of rotatable bonds is 7. The van der Waals surface area contributed by atoms with Gasteiger partial charge in [0.1, 0.15) is 5.82 Å². The standard InChI is InChI=1S/C23H21N5O4/c1-29-17-8-6-15(11-19(17)30-2)21-26-23(28-27-21)16-4-3-9-24-22(16)25-12-14-5-7-18-20(10-14)32-13-31-18/h3-11H,12-13H2,1-2H3,(H,24,25)(H,26,27,28). The Hall–Kier alpha value is -4.27. The maximum absolute atomic E-state index is 5.45. The van der Waals surface area contributed by atoms with Gasteiger partial charge in [0.05, 0.1) is 19.8 Å². The zero-order valence-corrected chi connectivity index (χ0v) is 17.6. The molecule has 0 saturated heterocycles. The largest absolute Gasteiger partial charge is 0.493 e. The minimum absolute atomic E-state index is 0.254. The lowest BCUT2D eigenvalue weighted by Gasteiger charge is -2.10. The molecule has 1 aliphatic rings. The minimum Gasteiger partial charge on any atom is -0.493 e. The molecule has 0 bridgehead atoms. The summed E-state index contributed by atoms with van der Waals surface area (Å²) in [7, 11) is 3.20. The van der Waals surface area contributed by atoms with E-state index in [1.807, 2.05) is 48.5 Å². The Morgan fingerprint density at radius 2 is 1.88 bits per heavy atom. The Morgan fingerprint density at radius 1 is 1.00 bits per heavy atom. The van der Waals surface area contributed by atoms with Crippen LogP contribution in [0.5, 0.6) is 23.0 Å². The van der Waals surface area contributed by atoms with Crippen molar-refractivity contribution in [2.75, 3.05) is 26.3 Å². The van der Waals surface area contributed by atoms with Crippen LogP contribution in [0.25, 0.3) is 22.8 Å². The smallest absolute Gasteiger partial charge is 0.231 e. The van der Waals surface area contributed by atoms with Crippen molar-refractivity contribution >= 4 is 5.82 Å². The second kappa shape index (κ2) is 8.46. The van der Waals surface area contributed by atoms with Crippen molar-refractivity contribution in [2.24, 2.45) is 0 Å². The zero-order chi connectivity index (χ0) is 21.9. The average Bonchev–Trinajstić information content (AvgIpc) is 3.52. The van der Waals surface area contributed by atoms with Crippen LogP contribution in [-0.4, -0.2) is 41.2 Å². The van der Waals surface area contributed by atoms with Crippen molar-refractivity contribution in [1.29, 1.82) is 0 Å². The molecule has 0 aliphatic carbocycles. The van der Waals surface area contributed by atoms with Gasteiger partial charge in [0, 0.05) is 18.3 Å². The van der Waals surface area contributed by atoms with Crippen LogP contribution < -0.4 is 24.3 Å². The Balaban J connectivity index is 1.38. The highest BCUT2D eigenvalue weighted by Gasteiger charge is 2.16. The van der Waals surface area contributed by atoms with Gasteiger partial charge in [-0.1, -0.05) is 6.07 Å². The normalized spacial score (nSPS) is 11.9. The molecule has 0 unspecified atom stereocenters. The van der Waals surface area contributed by atoms with Crippen LogP contribution in [0.4, 0.5) is 5.82 Å². The average molecular weight is 431 g/mol. The molecule has 2 aromatic heterocycles. The van der Waals surface area contributed by atoms with Gasteiger partial charge in [-0.25, -0.2) is 9.97 Å². The van der Waals surface area contributed by atoms with Gasteiger partial charge in [-0.2, -0.15) is 5.10 Å². The number of H-pyrrole nitrogens is 1. The summed E-state index contributed by atoms with van der Waals surface area (Å²) in [5, 5.41) is 10.8. The number of nitrogens with one attached hydrogen (secondary N) is 2. The third kappa shape index (κ3) is 3.76. The molecule has 2 aromatic carbocycles. The lowest BCUT2D eigenvalue weighted by atomic mass is 10.2. The molecule has 32 heavy (non-hydrogen) atoms. The molecule has 3 heterocycles. The Bertz CT molecular complexity index is 1260. The molecule has 4 aromatic rings. The summed E-state index contributed by atoms with van der Waals surface area (Å²) in [6.45, 7) is 0.821. The summed E-state index contributed by atoms with van der Waals surface area (Å²) in [4.78, 5) is 9.15. The Kier molecular flexibility index (Phi) is 5.20. The molecular weight excluding hydrogens is 410 g/mol. The number of pyridine rings is 1. The van der Waals surface area contributed by atoms with Gasteiger partial charge in [-0.3, -0.25) is 5.10 Å². The van der Waals surface area contributed by atoms with E-state index < -0.39 is 0 Å². The topological polar surface area (TPSA) is 103 Å². The van der Waals surface area contributed by atoms with E-state index in [0.717, 1.165) is 28.2 Å². The third-order valence-electron chi connectivity index (χ3n) is 5.09. The van der Waals surface area contributed by atoms with E-state index >= 15 is 0 Å². The maximum Gasteiger partial charge on any atom is 0.231 e. The van der Waals surface area contributed by atoms with E-state index in [1.165, 1.54) is 0 Å². The number of methoxy groups -OCH3 is 2. The number of nitrogens with zero attached hydrogens (tertiary/aromatic N) is 3. The molecular formula is C23H21N5O4. The van der Waals surface area contributed by atoms with Crippen molar-refractivity contribution in [3.63, 3.8) is 0 Å². The molecule has 0 atom stereocenters. The van der Waals surface area contributed by atoms with Gasteiger partial charge in [-0.15, -0.1) is 0 Å². The molecule has 162 valence electrons. The quantitative estimate of drug-likeness (QED) is 0.454. The maximum atomic E-state index is 5.45. The summed E-state index contributed by atoms with van der Waals surface area (Å²) in [6, 6.07) is 15.2. The third-order valence-corrected chi connectivity index (χ3v) is 5.09. The Labute approximate surface area is 184 Å². The van der Waals surface area contributed by atoms with Crippen LogP contribution in [0, 0.1) is 0 Å². The van der Waals surface area contributed by atoms with Gasteiger partial charge in [0.25, 0.3) is 0 Å². The number of benzene rings is 2. The molecule has 1 aliphatic heterocycles. The van der Waals surface area contributed by atoms with Gasteiger partial charge < -0.3 is 24.3 Å². The molecule has 2 N–H and O–H groups in total. The lowest BCUT2D eigenvalue weighted by Crippen LogP contribution is -2.03. The van der Waals surface area contributed by atoms with E-state index in [0.29, 0.717) is 35.5 Å². The van der Waals surface area contributed by atoms with Gasteiger partial charge in [0.15, 0.2) is 34.6 Å². The van der Waals surface area contributed by atoms with Crippen LogP contribution in [0.2, 0.25) is 0 Å². The highest BCUT2D eigenvalue weighted by atomic mass is 16.7. The van der Waals surface area contributed by atoms with Crippen LogP contribution in [-0.2, 0) is 6.54 Å². The molecule has 0 spiro atoms. The van der Waals surface area contributed by atoms with Gasteiger partial charge in [-0.05, 0) is 48.0 Å². The molecule has 9 heteroatoms. The van der Waals surface area contributed by atoms with E-state index in [9.17, 15) is 0 Å². The van der Waals surface area contributed by atoms with E-state index in [4.69, 9.17) is 18.9 Å². The van der Waals surface area contributed by atoms with Crippen LogP contribution in [0.1, 0.15) is 5.56 Å². The summed E-state index contributed by atoms with van der Waals surface area (Å²) in [6.07, 6.45) is 1.73. The first-order valence-corrected chi connectivity index (χ1v) is 9.98. The predicted octanol–water partition coefficient (Wildman–Crippen LogP) is 3.89. The number of fused-ring (bicyclic) bond motifs is 1. The van der Waals surface area contributed by atoms with Crippen molar-refractivity contribution in [2.45, 2.75) is 6.54 Å². The fraction of sp³-hybridized carbons (Fsp3) is 0.174. The highest BCUT2D eigenvalue weighted by molar-refractivity contribution is 5.72. The molecule has 0 saturated carbocycles. The number of aromatic nitrogens is 4. The number of hydrogen-bond donors (Lipinski definition) is 2. The molecule has 5 rings (SSSR count). The zero-order valence-electron chi connectivity index (χ0n) is 17.6. The monoisotopic (exact) mass is 431 g/mol. The number of ether oxygens (including phenoxy) is 4. The molecule has 0 fully saturated rings. The molecule has 0 radical (unpaired) electrons. The summed E-state index contributed by atoms with van der Waals surface area (Å²) < 4.78 is 21.5. The van der Waals surface area contributed by atoms with Crippen LogP contribution >= 0.6 is 0 Å². The fourth-order valence-corrected chi connectivity index (χ4v) is 3.46. The summed E-state index contributed by atoms with van der Waals surface area (Å²) in [5.41, 5.74) is 2.67. The van der Waals surface area contributed by atoms with Crippen molar-refractivity contribution in [3.05, 3.63) is 60.3 Å². The van der Waals surface area contributed by atoms with Crippen molar-refractivity contribution < 1.29 is 18.9 Å². The van der Waals surface area contributed by atoms with Crippen LogP contribution in [0.15, 0.2) is 54.7 Å². The SMILES string of the molecule is COc1ccc(-c2n[nH]c(-c3cccnc3NCc3ccc4c(c3)OCO4)n2)cc1OC. The van der Waals surface area contributed by atoms with Crippen molar-refractivity contribution in [1.82, 2.24) is 20.2 Å². The second-order valence-electron chi connectivity index (χ2n) is 7.02. The van der Waals surface area contributed by atoms with E-state index in [-0.39, 0.29) is 6.79 Å². The van der Waals surface area contributed by atoms with Gasteiger partial charge in [0.2, 0.25) is 6.79 Å². The van der Waals surface area contributed by atoms with Gasteiger partial charge >= 0.3 is 0 Å². The fourth-order valence-electron chi connectivity index (χ4n) is 3.46. The number of hydrogen-bond acceptors (Lipinski definition) is 8. The van der Waals surface area contributed by atoms with E-state index in [1.54, 1.807) is 20.4 Å². The minimum atomic E-state index is 0.254. The van der Waals surface area contributed by atoms with Crippen molar-refractivity contribution in [3.8, 4) is 45.8 Å². The highest BCUT2D eigenvalue weighted by Crippen LogP contribution is 2.34. The predicted molar refractivity (Wildman–Crippen MR) is 118 cm³/mol. The Morgan fingerprint density at radius 3 is 2.75 bits per heavy atom. The lowest BCUT2D eigenvalue weighted by molar-refractivity contribution is 0.174. The van der Waals surface area contributed by atoms with E-state index in [2.05, 4.69) is 25.5 Å².